The van der Waals surface area contributed by atoms with Gasteiger partial charge in [-0.05, 0) is 51.1 Å². The first kappa shape index (κ1) is 20.3. The molecule has 8 nitrogen and oxygen atoms in total. The summed E-state index contributed by atoms with van der Waals surface area (Å²) in [5.41, 5.74) is 0. The fraction of sp³-hybridized carbons (Fsp3) is 0.762. The van der Waals surface area contributed by atoms with Gasteiger partial charge in [-0.2, -0.15) is 0 Å². The molecule has 5 rings (SSSR count). The van der Waals surface area contributed by atoms with Crippen molar-refractivity contribution < 1.29 is 4.79 Å². The zero-order valence-corrected chi connectivity index (χ0v) is 17.8. The molecule has 0 spiro atoms. The standard InChI is InChI=1S/C21H35N7O/c1-16(2)25-21(29)24-13-19-12-17-4-7-28(19)15-18(17)14-26-8-10-27(11-9-26)20-22-5-3-6-23-20/h3,5-6,16-19H,4,7-15H2,1-2H3,(H2,24,25,29). The zero-order chi connectivity index (χ0) is 20.2. The number of carbonyl (C=O) groups excluding carboxylic acids is 1. The summed E-state index contributed by atoms with van der Waals surface area (Å²) in [4.78, 5) is 28.2. The van der Waals surface area contributed by atoms with Crippen LogP contribution < -0.4 is 15.5 Å². The summed E-state index contributed by atoms with van der Waals surface area (Å²) < 4.78 is 0. The molecule has 4 saturated heterocycles. The molecule has 4 unspecified atom stereocenters. The quantitative estimate of drug-likeness (QED) is 0.741. The van der Waals surface area contributed by atoms with Gasteiger partial charge in [0.1, 0.15) is 0 Å². The molecule has 8 heteroatoms. The Labute approximate surface area is 174 Å². The first-order chi connectivity index (χ1) is 14.1. The van der Waals surface area contributed by atoms with E-state index in [2.05, 4.69) is 35.3 Å². The van der Waals surface area contributed by atoms with Crippen LogP contribution in [-0.4, -0.2) is 90.2 Å². The minimum Gasteiger partial charge on any atom is -0.338 e. The third-order valence-corrected chi connectivity index (χ3v) is 6.63. The Balaban J connectivity index is 1.22. The number of piperidine rings is 3. The van der Waals surface area contributed by atoms with Crippen LogP contribution in [0.4, 0.5) is 10.7 Å². The van der Waals surface area contributed by atoms with Crippen LogP contribution in [0.2, 0.25) is 0 Å². The van der Waals surface area contributed by atoms with E-state index in [9.17, 15) is 4.79 Å². The van der Waals surface area contributed by atoms with Gasteiger partial charge in [0, 0.05) is 70.3 Å². The largest absolute Gasteiger partial charge is 0.338 e. The predicted molar refractivity (Wildman–Crippen MR) is 114 cm³/mol. The highest BCUT2D eigenvalue weighted by Gasteiger charge is 2.40. The number of carbonyl (C=O) groups is 1. The van der Waals surface area contributed by atoms with Crippen molar-refractivity contribution in [2.24, 2.45) is 11.8 Å². The Kier molecular flexibility index (Phi) is 6.50. The van der Waals surface area contributed by atoms with Crippen LogP contribution in [0.5, 0.6) is 0 Å². The van der Waals surface area contributed by atoms with Gasteiger partial charge in [0.25, 0.3) is 0 Å². The molecule has 2 bridgehead atoms. The molecule has 1 aromatic heterocycles. The number of piperazine rings is 1. The summed E-state index contributed by atoms with van der Waals surface area (Å²) in [6.07, 6.45) is 6.15. The molecule has 0 aromatic carbocycles. The average molecular weight is 402 g/mol. The third kappa shape index (κ3) is 5.17. The number of nitrogens with one attached hydrogen (secondary N) is 2. The van der Waals surface area contributed by atoms with Crippen LogP contribution in [-0.2, 0) is 0 Å². The minimum atomic E-state index is -0.0422. The summed E-state index contributed by atoms with van der Waals surface area (Å²) in [6, 6.07) is 2.50. The van der Waals surface area contributed by atoms with E-state index in [4.69, 9.17) is 0 Å². The molecular formula is C21H35N7O. The third-order valence-electron chi connectivity index (χ3n) is 6.63. The fourth-order valence-corrected chi connectivity index (χ4v) is 5.11. The molecule has 29 heavy (non-hydrogen) atoms. The van der Waals surface area contributed by atoms with Crippen molar-refractivity contribution in [2.75, 3.05) is 57.3 Å². The van der Waals surface area contributed by atoms with Crippen LogP contribution in [0.15, 0.2) is 18.5 Å². The molecule has 0 saturated carbocycles. The van der Waals surface area contributed by atoms with Gasteiger partial charge in [-0.15, -0.1) is 0 Å². The number of hydrogen-bond donors (Lipinski definition) is 2. The number of nitrogens with zero attached hydrogens (tertiary/aromatic N) is 5. The van der Waals surface area contributed by atoms with Crippen molar-refractivity contribution in [3.05, 3.63) is 18.5 Å². The van der Waals surface area contributed by atoms with Gasteiger partial charge >= 0.3 is 6.03 Å². The minimum absolute atomic E-state index is 0.0422. The van der Waals surface area contributed by atoms with Crippen LogP contribution in [0.1, 0.15) is 26.7 Å². The second-order valence-electron chi connectivity index (χ2n) is 9.04. The lowest BCUT2D eigenvalue weighted by molar-refractivity contribution is -0.0115. The van der Waals surface area contributed by atoms with Gasteiger partial charge in [-0.1, -0.05) is 0 Å². The molecule has 4 aliphatic heterocycles. The molecule has 1 aromatic rings. The van der Waals surface area contributed by atoms with E-state index < -0.39 is 0 Å². The van der Waals surface area contributed by atoms with E-state index in [-0.39, 0.29) is 12.1 Å². The van der Waals surface area contributed by atoms with Crippen LogP contribution in [0, 0.1) is 11.8 Å². The number of amides is 2. The van der Waals surface area contributed by atoms with Gasteiger partial charge in [-0.25, -0.2) is 14.8 Å². The van der Waals surface area contributed by atoms with E-state index in [0.717, 1.165) is 50.5 Å². The van der Waals surface area contributed by atoms with Gasteiger partial charge in [0.05, 0.1) is 0 Å². The van der Waals surface area contributed by atoms with Crippen LogP contribution in [0.3, 0.4) is 0 Å². The van der Waals surface area contributed by atoms with Crippen molar-refractivity contribution in [2.45, 2.75) is 38.8 Å². The molecule has 2 N–H and O–H groups in total. The van der Waals surface area contributed by atoms with Crippen LogP contribution >= 0.6 is 0 Å². The summed E-state index contributed by atoms with van der Waals surface area (Å²) in [6.45, 7) is 12.5. The van der Waals surface area contributed by atoms with E-state index in [1.54, 1.807) is 0 Å². The van der Waals surface area contributed by atoms with Gasteiger partial charge in [0.15, 0.2) is 0 Å². The Bertz CT molecular complexity index is 662. The average Bonchev–Trinajstić information content (AvgIpc) is 2.74. The highest BCUT2D eigenvalue weighted by Crippen LogP contribution is 2.36. The lowest BCUT2D eigenvalue weighted by atomic mass is 9.75. The van der Waals surface area contributed by atoms with E-state index in [1.165, 1.54) is 32.5 Å². The molecular weight excluding hydrogens is 366 g/mol. The number of aromatic nitrogens is 2. The smallest absolute Gasteiger partial charge is 0.315 e. The summed E-state index contributed by atoms with van der Waals surface area (Å²) in [5.74, 6) is 2.39. The van der Waals surface area contributed by atoms with Gasteiger partial charge in [0.2, 0.25) is 5.95 Å². The van der Waals surface area contributed by atoms with Crippen LogP contribution in [0.25, 0.3) is 0 Å². The van der Waals surface area contributed by atoms with E-state index in [1.807, 2.05) is 32.3 Å². The normalized spacial score (nSPS) is 29.8. The van der Waals surface area contributed by atoms with Crippen molar-refractivity contribution >= 4 is 12.0 Å². The lowest BCUT2D eigenvalue weighted by Gasteiger charge is -2.51. The molecule has 4 atom stereocenters. The number of fused-ring (bicyclic) bond motifs is 3. The topological polar surface area (TPSA) is 76.6 Å². The Morgan fingerprint density at radius 2 is 1.93 bits per heavy atom. The molecule has 5 heterocycles. The maximum Gasteiger partial charge on any atom is 0.315 e. The second-order valence-corrected chi connectivity index (χ2v) is 9.04. The molecule has 160 valence electrons. The first-order valence-corrected chi connectivity index (χ1v) is 11.1. The molecule has 2 amide bonds. The first-order valence-electron chi connectivity index (χ1n) is 11.1. The van der Waals surface area contributed by atoms with Crippen molar-refractivity contribution in [1.82, 2.24) is 30.4 Å². The number of urea groups is 1. The molecule has 4 fully saturated rings. The number of rotatable bonds is 6. The molecule has 0 radical (unpaired) electrons. The molecule has 0 aliphatic carbocycles. The van der Waals surface area contributed by atoms with Crippen molar-refractivity contribution in [3.8, 4) is 0 Å². The van der Waals surface area contributed by atoms with Gasteiger partial charge in [-0.3, -0.25) is 9.80 Å². The van der Waals surface area contributed by atoms with E-state index in [0.29, 0.717) is 6.04 Å². The summed E-state index contributed by atoms with van der Waals surface area (Å²) >= 11 is 0. The van der Waals surface area contributed by atoms with Crippen molar-refractivity contribution in [1.29, 1.82) is 0 Å². The predicted octanol–water partition coefficient (Wildman–Crippen LogP) is 1.02. The Hall–Kier alpha value is -1.93. The Morgan fingerprint density at radius 3 is 2.59 bits per heavy atom. The maximum absolute atomic E-state index is 11.9. The lowest BCUT2D eigenvalue weighted by Crippen LogP contribution is -2.60. The SMILES string of the molecule is CC(C)NC(=O)NCC1CC2CCN1CC2CN1CCN(c2ncccn2)CC1. The van der Waals surface area contributed by atoms with Crippen molar-refractivity contribution in [3.63, 3.8) is 0 Å². The fourth-order valence-electron chi connectivity index (χ4n) is 5.11. The maximum atomic E-state index is 11.9. The number of anilines is 1. The zero-order valence-electron chi connectivity index (χ0n) is 17.8. The van der Waals surface area contributed by atoms with Gasteiger partial charge < -0.3 is 15.5 Å². The highest BCUT2D eigenvalue weighted by atomic mass is 16.2. The number of hydrogen-bond acceptors (Lipinski definition) is 6. The molecule has 4 aliphatic rings. The Morgan fingerprint density at radius 1 is 1.17 bits per heavy atom. The summed E-state index contributed by atoms with van der Waals surface area (Å²) in [7, 11) is 0. The highest BCUT2D eigenvalue weighted by molar-refractivity contribution is 5.74. The second kappa shape index (κ2) is 9.26. The summed E-state index contributed by atoms with van der Waals surface area (Å²) in [5, 5.41) is 5.98. The monoisotopic (exact) mass is 401 g/mol. The van der Waals surface area contributed by atoms with E-state index >= 15 is 0 Å².